The van der Waals surface area contributed by atoms with E-state index in [-0.39, 0.29) is 52.9 Å². The lowest BCUT2D eigenvalue weighted by atomic mass is 10.1. The van der Waals surface area contributed by atoms with Crippen molar-refractivity contribution in [2.45, 2.75) is 0 Å². The molecule has 0 amide bonds. The second-order valence-corrected chi connectivity index (χ2v) is 15.8. The van der Waals surface area contributed by atoms with Crippen molar-refractivity contribution in [3.63, 3.8) is 0 Å². The summed E-state index contributed by atoms with van der Waals surface area (Å²) < 4.78 is 49.3. The highest BCUT2D eigenvalue weighted by Gasteiger charge is 2.27. The van der Waals surface area contributed by atoms with Crippen molar-refractivity contribution >= 4 is 44.1 Å². The van der Waals surface area contributed by atoms with Gasteiger partial charge in [-0.3, -0.25) is 0 Å². The molecular weight excluding hydrogens is 913 g/mol. The second-order valence-electron chi connectivity index (χ2n) is 15.8. The monoisotopic (exact) mass is 962 g/mol. The van der Waals surface area contributed by atoms with Gasteiger partial charge >= 0.3 is 0 Å². The summed E-state index contributed by atoms with van der Waals surface area (Å²) in [4.78, 5) is 38.2. The maximum Gasteiger partial charge on any atom is 0.164 e. The van der Waals surface area contributed by atoms with E-state index in [1.165, 1.54) is 0 Å². The molecule has 0 saturated heterocycles. The molecule has 0 unspecified atom stereocenters. The molecule has 16 heteroatoms. The Hall–Kier alpha value is -9.44. The number of aromatic amines is 2. The minimum atomic E-state index is 0.205. The van der Waals surface area contributed by atoms with E-state index in [1.54, 1.807) is 48.6 Å². The van der Waals surface area contributed by atoms with Crippen molar-refractivity contribution < 1.29 is 37.9 Å². The Balaban J connectivity index is 1.46. The third kappa shape index (κ3) is 9.48. The third-order valence-corrected chi connectivity index (χ3v) is 10.9. The number of aromatic nitrogens is 8. The van der Waals surface area contributed by atoms with Crippen LogP contribution in [-0.2, 0) is 0 Å². The number of hydrogen-bond acceptors (Lipinski definition) is 14. The van der Waals surface area contributed by atoms with Crippen LogP contribution in [0.25, 0.3) is 89.7 Å². The molecule has 8 bridgehead atoms. The fraction of sp³-hybridized carbons (Fsp3) is 0.143. The standard InChI is InChI=1S/C56H50N8O8/c1-9-17-65-41-25-33-34(26-42(41)66-18-10-2)50-57-49(33)61-51-35-27-43(67-19-11-3)44(68-20-12-4)28-36(35)53(58-51)63-55-39-31-47(71-23-15-7)48(72-24-16-8)32-40(39)56(60-55)64-54-38-30-46(70-22-14-6)45(69-21-13-5)29-37(38)52(59-54)62-50/h9-16,25-32H,1-8,17-24H2,(H2,57,58,59,60,61,62,63,64). The molecule has 2 aliphatic heterocycles. The summed E-state index contributed by atoms with van der Waals surface area (Å²) in [5.74, 6) is 4.70. The molecule has 16 nitrogen and oxygen atoms in total. The number of fused-ring (bicyclic) bond motifs is 20. The van der Waals surface area contributed by atoms with Crippen LogP contribution in [0, 0.1) is 0 Å². The van der Waals surface area contributed by atoms with Crippen LogP contribution >= 0.6 is 0 Å². The van der Waals surface area contributed by atoms with E-state index in [0.717, 1.165) is 0 Å². The Labute approximate surface area is 414 Å². The van der Waals surface area contributed by atoms with Crippen LogP contribution in [0.15, 0.2) is 150 Å². The lowest BCUT2D eigenvalue weighted by molar-refractivity contribution is 0.308. The molecule has 0 saturated carbocycles. The zero-order valence-corrected chi connectivity index (χ0v) is 39.5. The maximum absolute atomic E-state index is 6.17. The first-order chi connectivity index (χ1) is 35.3. The van der Waals surface area contributed by atoms with Gasteiger partial charge in [-0.2, -0.15) is 0 Å². The van der Waals surface area contributed by atoms with Gasteiger partial charge in [0.1, 0.15) is 75.4 Å². The van der Waals surface area contributed by atoms with Gasteiger partial charge in [0.15, 0.2) is 69.3 Å². The molecule has 0 fully saturated rings. The Kier molecular flexibility index (Phi) is 14.2. The quantitative estimate of drug-likeness (QED) is 0.0545. The molecule has 5 heterocycles. The van der Waals surface area contributed by atoms with Crippen LogP contribution in [0.3, 0.4) is 0 Å². The van der Waals surface area contributed by atoms with Crippen LogP contribution in [-0.4, -0.2) is 92.7 Å². The van der Waals surface area contributed by atoms with Crippen molar-refractivity contribution in [3.05, 3.63) is 150 Å². The zero-order valence-electron chi connectivity index (χ0n) is 39.5. The molecule has 2 aliphatic rings. The summed E-state index contributed by atoms with van der Waals surface area (Å²) in [6, 6.07) is 14.6. The van der Waals surface area contributed by atoms with Crippen LogP contribution in [0.1, 0.15) is 0 Å². The summed E-state index contributed by atoms with van der Waals surface area (Å²) in [6.07, 6.45) is 13.2. The molecule has 7 aromatic rings. The predicted octanol–water partition coefficient (Wildman–Crippen LogP) is 11.4. The Morgan fingerprint density at radius 2 is 0.458 bits per heavy atom. The number of benzene rings is 4. The van der Waals surface area contributed by atoms with E-state index in [2.05, 4.69) is 62.6 Å². The van der Waals surface area contributed by atoms with Gasteiger partial charge in [0.2, 0.25) is 0 Å². The van der Waals surface area contributed by atoms with Gasteiger partial charge in [0, 0.05) is 43.8 Å². The smallest absolute Gasteiger partial charge is 0.164 e. The predicted molar refractivity (Wildman–Crippen MR) is 282 cm³/mol. The highest BCUT2D eigenvalue weighted by Crippen LogP contribution is 2.46. The summed E-state index contributed by atoms with van der Waals surface area (Å²) >= 11 is 0. The number of nitrogens with zero attached hydrogens (tertiary/aromatic N) is 6. The topological polar surface area (TPSA) is 183 Å². The molecule has 2 N–H and O–H groups in total. The largest absolute Gasteiger partial charge is 0.486 e. The van der Waals surface area contributed by atoms with Gasteiger partial charge in [-0.15, -0.1) is 0 Å². The van der Waals surface area contributed by atoms with Crippen LogP contribution in [0.5, 0.6) is 46.0 Å². The van der Waals surface area contributed by atoms with E-state index in [1.807, 2.05) is 48.5 Å². The minimum absolute atomic E-state index is 0.205. The van der Waals surface area contributed by atoms with Gasteiger partial charge in [0.25, 0.3) is 0 Å². The number of hydrogen-bond donors (Lipinski definition) is 2. The number of ether oxygens (including phenoxy) is 8. The van der Waals surface area contributed by atoms with E-state index < -0.39 is 0 Å². The van der Waals surface area contributed by atoms with Crippen molar-refractivity contribution in [3.8, 4) is 91.5 Å². The number of nitrogens with one attached hydrogen (secondary N) is 2. The van der Waals surface area contributed by atoms with Gasteiger partial charge in [0.05, 0.1) is 0 Å². The van der Waals surface area contributed by atoms with Crippen molar-refractivity contribution in [2.75, 3.05) is 52.9 Å². The molecule has 9 rings (SSSR count). The van der Waals surface area contributed by atoms with Gasteiger partial charge in [-0.1, -0.05) is 101 Å². The molecule has 0 spiro atoms. The first-order valence-electron chi connectivity index (χ1n) is 22.8. The number of H-pyrrole nitrogens is 2. The van der Waals surface area contributed by atoms with Gasteiger partial charge in [-0.05, 0) is 48.5 Å². The molecule has 3 aromatic heterocycles. The SMILES string of the molecule is C=CCOc1cc2c(cc1OCC=C)-c1nc-2nc2[nH]c(nc3nc(nc4[nH]c(n1)c1cc(OCC=C)c(OCC=C)cc41)-c1cc(OCC=C)c(OCC=C)cc1-3)c1cc(OCC=C)c(OCC=C)cc21. The highest BCUT2D eigenvalue weighted by molar-refractivity contribution is 6.08. The number of rotatable bonds is 24. The molecule has 0 atom stereocenters. The van der Waals surface area contributed by atoms with Gasteiger partial charge < -0.3 is 47.9 Å². The molecular formula is C56H50N8O8. The third-order valence-electron chi connectivity index (χ3n) is 10.9. The Bertz CT molecular complexity index is 3070. The summed E-state index contributed by atoms with van der Waals surface area (Å²) in [5.41, 5.74) is 3.96. The average molecular weight is 963 g/mol. The lowest BCUT2D eigenvalue weighted by Gasteiger charge is -2.13. The normalized spacial score (nSPS) is 11.1. The first kappa shape index (κ1) is 47.6. The van der Waals surface area contributed by atoms with Crippen LogP contribution < -0.4 is 37.9 Å². The molecule has 4 aromatic carbocycles. The van der Waals surface area contributed by atoms with E-state index in [0.29, 0.717) is 136 Å². The molecule has 362 valence electrons. The summed E-state index contributed by atoms with van der Waals surface area (Å²) in [6.45, 7) is 32.5. The van der Waals surface area contributed by atoms with E-state index in [9.17, 15) is 0 Å². The maximum atomic E-state index is 6.17. The minimum Gasteiger partial charge on any atom is -0.486 e. The van der Waals surface area contributed by atoms with E-state index >= 15 is 0 Å². The highest BCUT2D eigenvalue weighted by atomic mass is 16.5. The lowest BCUT2D eigenvalue weighted by Crippen LogP contribution is -2.00. The fourth-order valence-corrected chi connectivity index (χ4v) is 7.91. The molecule has 0 radical (unpaired) electrons. The molecule has 72 heavy (non-hydrogen) atoms. The fourth-order valence-electron chi connectivity index (χ4n) is 7.91. The molecule has 0 aliphatic carbocycles. The Morgan fingerprint density at radius 3 is 0.639 bits per heavy atom. The van der Waals surface area contributed by atoms with Gasteiger partial charge in [-0.25, -0.2) is 29.9 Å². The second kappa shape index (κ2) is 21.5. The van der Waals surface area contributed by atoms with E-state index in [4.69, 9.17) is 67.8 Å². The zero-order chi connectivity index (χ0) is 50.1. The van der Waals surface area contributed by atoms with Crippen LogP contribution in [0.2, 0.25) is 0 Å². The summed E-state index contributed by atoms with van der Waals surface area (Å²) in [5, 5.41) is 2.51. The van der Waals surface area contributed by atoms with Crippen molar-refractivity contribution in [1.82, 2.24) is 39.9 Å². The Morgan fingerprint density at radius 1 is 0.278 bits per heavy atom. The van der Waals surface area contributed by atoms with Crippen molar-refractivity contribution in [1.29, 1.82) is 0 Å². The first-order valence-corrected chi connectivity index (χ1v) is 22.8. The van der Waals surface area contributed by atoms with Crippen molar-refractivity contribution in [2.24, 2.45) is 0 Å². The average Bonchev–Trinajstić information content (AvgIpc) is 4.11. The summed E-state index contributed by atoms with van der Waals surface area (Å²) in [7, 11) is 0. The van der Waals surface area contributed by atoms with Crippen LogP contribution in [0.4, 0.5) is 0 Å².